The molecule has 2 rings (SSSR count). The van der Waals surface area contributed by atoms with Crippen LogP contribution in [0.25, 0.3) is 0 Å². The van der Waals surface area contributed by atoms with Gasteiger partial charge in [0.15, 0.2) is 5.16 Å². The van der Waals surface area contributed by atoms with E-state index in [1.54, 1.807) is 19.5 Å². The number of pyridine rings is 1. The molecule has 0 bridgehead atoms. The molecular formula is C14H16F2N4S. The molecule has 0 N–H and O–H groups in total. The van der Waals surface area contributed by atoms with Crippen molar-refractivity contribution in [2.45, 2.75) is 24.5 Å². The highest BCUT2D eigenvalue weighted by Gasteiger charge is 2.19. The first-order chi connectivity index (χ1) is 10.0. The summed E-state index contributed by atoms with van der Waals surface area (Å²) in [6.07, 6.45) is 0.852. The second-order valence-electron chi connectivity index (χ2n) is 4.48. The summed E-state index contributed by atoms with van der Waals surface area (Å²) in [7, 11) is 1.81. The van der Waals surface area contributed by atoms with Crippen LogP contribution in [0.3, 0.4) is 0 Å². The monoisotopic (exact) mass is 310 g/mol. The van der Waals surface area contributed by atoms with Crippen LogP contribution in [0.2, 0.25) is 0 Å². The topological polar surface area (TPSA) is 41.9 Å². The van der Waals surface area contributed by atoms with Crippen molar-refractivity contribution in [1.29, 1.82) is 0 Å². The molecule has 0 aliphatic carbocycles. The smallest absolute Gasteiger partial charge is 0.280 e. The van der Waals surface area contributed by atoms with Gasteiger partial charge in [0, 0.05) is 19.3 Å². The number of anilines is 1. The molecule has 0 amide bonds. The highest BCUT2D eigenvalue weighted by molar-refractivity contribution is 7.98. The van der Waals surface area contributed by atoms with E-state index in [2.05, 4.69) is 15.0 Å². The number of halogens is 2. The number of hydrogen-bond acceptors (Lipinski definition) is 5. The minimum absolute atomic E-state index is 0.0821. The van der Waals surface area contributed by atoms with Crippen molar-refractivity contribution >= 4 is 17.6 Å². The van der Waals surface area contributed by atoms with Crippen LogP contribution in [0.5, 0.6) is 0 Å². The van der Waals surface area contributed by atoms with Crippen LogP contribution in [0.15, 0.2) is 35.6 Å². The van der Waals surface area contributed by atoms with E-state index in [1.165, 1.54) is 17.8 Å². The van der Waals surface area contributed by atoms with Gasteiger partial charge in [-0.1, -0.05) is 17.8 Å². The second kappa shape index (κ2) is 6.80. The average Bonchev–Trinajstić information content (AvgIpc) is 2.53. The SMILES string of the molecule is CSc1nc(C(F)F)cc(N(C)[C@H](C)c2ccccn2)n1. The maximum Gasteiger partial charge on any atom is 0.280 e. The number of hydrogen-bond donors (Lipinski definition) is 0. The zero-order valence-corrected chi connectivity index (χ0v) is 12.8. The molecule has 21 heavy (non-hydrogen) atoms. The highest BCUT2D eigenvalue weighted by atomic mass is 32.2. The molecule has 0 fully saturated rings. The number of nitrogens with zero attached hydrogens (tertiary/aromatic N) is 4. The Morgan fingerprint density at radius 3 is 2.52 bits per heavy atom. The quantitative estimate of drug-likeness (QED) is 0.622. The molecule has 0 unspecified atom stereocenters. The molecule has 1 atom stereocenters. The molecule has 0 aromatic carbocycles. The summed E-state index contributed by atoms with van der Waals surface area (Å²) in [5, 5.41) is 0.336. The Labute approximate surface area is 126 Å². The van der Waals surface area contributed by atoms with Gasteiger partial charge in [-0.15, -0.1) is 0 Å². The predicted molar refractivity (Wildman–Crippen MR) is 79.8 cm³/mol. The van der Waals surface area contributed by atoms with Gasteiger partial charge in [-0.25, -0.2) is 18.7 Å². The average molecular weight is 310 g/mol. The summed E-state index contributed by atoms with van der Waals surface area (Å²) in [5.41, 5.74) is 0.590. The zero-order chi connectivity index (χ0) is 15.4. The molecule has 2 aromatic heterocycles. The van der Waals surface area contributed by atoms with Crippen LogP contribution >= 0.6 is 11.8 Å². The van der Waals surface area contributed by atoms with Crippen LogP contribution < -0.4 is 4.90 Å². The van der Waals surface area contributed by atoms with Gasteiger partial charge in [-0.3, -0.25) is 4.98 Å². The van der Waals surface area contributed by atoms with Gasteiger partial charge in [0.2, 0.25) is 0 Å². The molecule has 2 aromatic rings. The molecule has 0 saturated carbocycles. The van der Waals surface area contributed by atoms with E-state index >= 15 is 0 Å². The molecule has 0 aliphatic heterocycles. The van der Waals surface area contributed by atoms with Gasteiger partial charge < -0.3 is 4.90 Å². The maximum atomic E-state index is 12.9. The van der Waals surface area contributed by atoms with E-state index in [4.69, 9.17) is 0 Å². The summed E-state index contributed by atoms with van der Waals surface area (Å²) in [5.74, 6) is 0.461. The Hall–Kier alpha value is -1.76. The lowest BCUT2D eigenvalue weighted by molar-refractivity contribution is 0.145. The van der Waals surface area contributed by atoms with Gasteiger partial charge in [0.05, 0.1) is 11.7 Å². The van der Waals surface area contributed by atoms with E-state index in [0.29, 0.717) is 11.0 Å². The third-order valence-corrected chi connectivity index (χ3v) is 3.72. The third kappa shape index (κ3) is 3.66. The second-order valence-corrected chi connectivity index (χ2v) is 5.25. The fourth-order valence-corrected chi connectivity index (χ4v) is 2.22. The molecule has 0 saturated heterocycles. The number of aromatic nitrogens is 3. The van der Waals surface area contributed by atoms with Crippen LogP contribution in [0.4, 0.5) is 14.6 Å². The summed E-state index contributed by atoms with van der Waals surface area (Å²) in [6, 6.07) is 6.86. The molecule has 0 spiro atoms. The molecule has 7 heteroatoms. The molecular weight excluding hydrogens is 294 g/mol. The standard InChI is InChI=1S/C14H16F2N4S/c1-9(10-6-4-5-7-17-10)20(2)12-8-11(13(15)16)18-14(19-12)21-3/h4-9,13H,1-3H3/t9-/m1/s1. The first-order valence-electron chi connectivity index (χ1n) is 6.37. The van der Waals surface area contributed by atoms with Gasteiger partial charge in [0.25, 0.3) is 6.43 Å². The van der Waals surface area contributed by atoms with Crippen LogP contribution in [-0.2, 0) is 0 Å². The van der Waals surface area contributed by atoms with Gasteiger partial charge in [0.1, 0.15) is 11.5 Å². The molecule has 0 aliphatic rings. The molecule has 0 radical (unpaired) electrons. The van der Waals surface area contributed by atoms with Crippen LogP contribution in [0.1, 0.15) is 30.8 Å². The Bertz CT molecular complexity index is 595. The normalized spacial score (nSPS) is 12.5. The molecule has 2 heterocycles. The largest absolute Gasteiger partial charge is 0.351 e. The van der Waals surface area contributed by atoms with Gasteiger partial charge in [-0.05, 0) is 25.3 Å². The van der Waals surface area contributed by atoms with E-state index in [0.717, 1.165) is 5.69 Å². The van der Waals surface area contributed by atoms with E-state index in [9.17, 15) is 8.78 Å². The summed E-state index contributed by atoms with van der Waals surface area (Å²) in [6.45, 7) is 1.95. The van der Waals surface area contributed by atoms with Gasteiger partial charge in [-0.2, -0.15) is 0 Å². The van der Waals surface area contributed by atoms with Crippen molar-refractivity contribution in [3.05, 3.63) is 41.9 Å². The van der Waals surface area contributed by atoms with Crippen molar-refractivity contribution < 1.29 is 8.78 Å². The lowest BCUT2D eigenvalue weighted by Crippen LogP contribution is -2.24. The minimum Gasteiger partial charge on any atom is -0.351 e. The highest BCUT2D eigenvalue weighted by Crippen LogP contribution is 2.27. The Morgan fingerprint density at radius 2 is 1.95 bits per heavy atom. The number of thioether (sulfide) groups is 1. The first-order valence-corrected chi connectivity index (χ1v) is 7.60. The van der Waals surface area contributed by atoms with Gasteiger partial charge >= 0.3 is 0 Å². The third-order valence-electron chi connectivity index (χ3n) is 3.18. The fraction of sp³-hybridized carbons (Fsp3) is 0.357. The Kier molecular flexibility index (Phi) is 5.06. The van der Waals surface area contributed by atoms with E-state index < -0.39 is 6.43 Å². The van der Waals surface area contributed by atoms with Crippen molar-refractivity contribution in [1.82, 2.24) is 15.0 Å². The minimum atomic E-state index is -2.61. The first kappa shape index (κ1) is 15.6. The number of rotatable bonds is 5. The van der Waals surface area contributed by atoms with E-state index in [1.807, 2.05) is 30.0 Å². The fourth-order valence-electron chi connectivity index (χ4n) is 1.83. The summed E-state index contributed by atoms with van der Waals surface area (Å²) >= 11 is 1.24. The van der Waals surface area contributed by atoms with Crippen molar-refractivity contribution in [2.75, 3.05) is 18.2 Å². The lowest BCUT2D eigenvalue weighted by atomic mass is 10.2. The maximum absolute atomic E-state index is 12.9. The van der Waals surface area contributed by atoms with Crippen molar-refractivity contribution in [3.8, 4) is 0 Å². The van der Waals surface area contributed by atoms with Crippen molar-refractivity contribution in [2.24, 2.45) is 0 Å². The van der Waals surface area contributed by atoms with Crippen LogP contribution in [-0.4, -0.2) is 28.3 Å². The predicted octanol–water partition coefficient (Wildman–Crippen LogP) is 3.73. The van der Waals surface area contributed by atoms with Crippen molar-refractivity contribution in [3.63, 3.8) is 0 Å². The zero-order valence-electron chi connectivity index (χ0n) is 12.0. The molecule has 112 valence electrons. The summed E-state index contributed by atoms with van der Waals surface area (Å²) < 4.78 is 25.8. The Morgan fingerprint density at radius 1 is 1.19 bits per heavy atom. The summed E-state index contributed by atoms with van der Waals surface area (Å²) in [4.78, 5) is 14.2. The molecule has 4 nitrogen and oxygen atoms in total. The number of alkyl halides is 2. The Balaban J connectivity index is 2.34. The lowest BCUT2D eigenvalue weighted by Gasteiger charge is -2.26. The van der Waals surface area contributed by atoms with E-state index in [-0.39, 0.29) is 11.7 Å². The van der Waals surface area contributed by atoms with Crippen LogP contribution in [0, 0.1) is 0 Å².